The van der Waals surface area contributed by atoms with Crippen molar-refractivity contribution in [3.63, 3.8) is 0 Å². The molecule has 0 amide bonds. The summed E-state index contributed by atoms with van der Waals surface area (Å²) in [5.41, 5.74) is 0. The molecule has 0 fully saturated rings. The van der Waals surface area contributed by atoms with Gasteiger partial charge in [-0.25, -0.2) is 0 Å². The van der Waals surface area contributed by atoms with Crippen LogP contribution in [0.25, 0.3) is 0 Å². The van der Waals surface area contributed by atoms with E-state index in [1.165, 1.54) is 89.9 Å². The Morgan fingerprint density at radius 1 is 0.500 bits per heavy atom. The minimum Gasteiger partial charge on any atom is -0.462 e. The van der Waals surface area contributed by atoms with Gasteiger partial charge in [-0.3, -0.25) is 9.59 Å². The molecule has 0 rings (SSSR count). The van der Waals surface area contributed by atoms with Crippen molar-refractivity contribution < 1.29 is 24.2 Å². The van der Waals surface area contributed by atoms with Crippen molar-refractivity contribution in [3.05, 3.63) is 48.6 Å². The van der Waals surface area contributed by atoms with E-state index < -0.39 is 6.10 Å². The first-order valence-corrected chi connectivity index (χ1v) is 19.2. The highest BCUT2D eigenvalue weighted by Gasteiger charge is 2.16. The number of aliphatic hydroxyl groups is 1. The molecule has 1 atom stereocenters. The van der Waals surface area contributed by atoms with Gasteiger partial charge in [-0.2, -0.15) is 0 Å². The van der Waals surface area contributed by atoms with E-state index >= 15 is 0 Å². The largest absolute Gasteiger partial charge is 0.462 e. The zero-order chi connectivity index (χ0) is 33.6. The summed E-state index contributed by atoms with van der Waals surface area (Å²) >= 11 is 0. The number of aliphatic hydroxyl groups excluding tert-OH is 1. The van der Waals surface area contributed by atoms with Crippen LogP contribution >= 0.6 is 0 Å². The van der Waals surface area contributed by atoms with Crippen molar-refractivity contribution in [2.75, 3.05) is 13.2 Å². The SMILES string of the molecule is CCCCC/C=C/C/C=C/C/C=C/CCCCCCC(=O)OC[C@H](CO)OC(=O)CCCCCCCCC/C=C/CCCCCC. The second-order valence-corrected chi connectivity index (χ2v) is 12.6. The van der Waals surface area contributed by atoms with Crippen molar-refractivity contribution in [1.82, 2.24) is 0 Å². The van der Waals surface area contributed by atoms with Crippen LogP contribution in [0.1, 0.15) is 181 Å². The van der Waals surface area contributed by atoms with Crippen LogP contribution in [0.15, 0.2) is 48.6 Å². The summed E-state index contributed by atoms with van der Waals surface area (Å²) in [5, 5.41) is 9.54. The molecule has 266 valence electrons. The smallest absolute Gasteiger partial charge is 0.306 e. The van der Waals surface area contributed by atoms with Crippen LogP contribution in [-0.4, -0.2) is 36.4 Å². The Bertz CT molecular complexity index is 782. The van der Waals surface area contributed by atoms with Crippen LogP contribution < -0.4 is 0 Å². The lowest BCUT2D eigenvalue weighted by molar-refractivity contribution is -0.161. The van der Waals surface area contributed by atoms with Gasteiger partial charge in [0.1, 0.15) is 6.61 Å². The molecule has 5 nitrogen and oxygen atoms in total. The van der Waals surface area contributed by atoms with E-state index in [9.17, 15) is 14.7 Å². The predicted octanol–water partition coefficient (Wildman–Crippen LogP) is 11.8. The van der Waals surface area contributed by atoms with E-state index in [0.29, 0.717) is 12.8 Å². The van der Waals surface area contributed by atoms with Gasteiger partial charge in [0.15, 0.2) is 6.10 Å². The number of rotatable bonds is 34. The standard InChI is InChI=1S/C41H72O5/c1-3-5-7-9-11-13-15-17-19-20-22-23-25-27-29-31-33-35-40(43)45-38-39(37-42)46-41(44)36-34-32-30-28-26-24-21-18-16-14-12-10-8-6-4-2/h11,13-14,16-17,19,22-23,39,42H,3-10,12,15,18,20-21,24-38H2,1-2H3/b13-11+,16-14+,19-17+,23-22+/t39-/m0/s1. The Morgan fingerprint density at radius 3 is 1.37 bits per heavy atom. The van der Waals surface area contributed by atoms with Crippen molar-refractivity contribution in [2.24, 2.45) is 0 Å². The molecule has 0 saturated carbocycles. The maximum atomic E-state index is 12.1. The van der Waals surface area contributed by atoms with Gasteiger partial charge in [0.05, 0.1) is 6.61 Å². The molecule has 0 radical (unpaired) electrons. The summed E-state index contributed by atoms with van der Waals surface area (Å²) in [7, 11) is 0. The van der Waals surface area contributed by atoms with Crippen LogP contribution in [0.2, 0.25) is 0 Å². The Labute approximate surface area is 284 Å². The van der Waals surface area contributed by atoms with Gasteiger partial charge >= 0.3 is 11.9 Å². The summed E-state index contributed by atoms with van der Waals surface area (Å²) in [6.45, 7) is 4.06. The van der Waals surface area contributed by atoms with E-state index in [1.807, 2.05) is 0 Å². The molecule has 0 aliphatic carbocycles. The molecule has 0 unspecified atom stereocenters. The zero-order valence-corrected chi connectivity index (χ0v) is 30.1. The number of allylic oxidation sites excluding steroid dienone is 8. The van der Waals surface area contributed by atoms with Crippen molar-refractivity contribution >= 4 is 11.9 Å². The van der Waals surface area contributed by atoms with Crippen LogP contribution in [-0.2, 0) is 19.1 Å². The van der Waals surface area contributed by atoms with Gasteiger partial charge in [0.25, 0.3) is 0 Å². The Morgan fingerprint density at radius 2 is 0.870 bits per heavy atom. The van der Waals surface area contributed by atoms with E-state index in [4.69, 9.17) is 9.47 Å². The van der Waals surface area contributed by atoms with Crippen LogP contribution in [0.4, 0.5) is 0 Å². The lowest BCUT2D eigenvalue weighted by Crippen LogP contribution is -2.28. The van der Waals surface area contributed by atoms with Crippen LogP contribution in [0.3, 0.4) is 0 Å². The number of carbonyl (C=O) groups excluding carboxylic acids is 2. The minimum absolute atomic E-state index is 0.0798. The number of ether oxygens (including phenoxy) is 2. The van der Waals surface area contributed by atoms with Gasteiger partial charge in [-0.15, -0.1) is 0 Å². The first-order chi connectivity index (χ1) is 22.6. The fourth-order valence-corrected chi connectivity index (χ4v) is 5.14. The van der Waals surface area contributed by atoms with Crippen molar-refractivity contribution in [3.8, 4) is 0 Å². The van der Waals surface area contributed by atoms with Crippen LogP contribution in [0.5, 0.6) is 0 Å². The molecule has 0 aliphatic rings. The first kappa shape index (κ1) is 43.9. The normalized spacial score (nSPS) is 12.7. The molecule has 0 aromatic heterocycles. The number of hydrogen-bond donors (Lipinski definition) is 1. The third kappa shape index (κ3) is 34.7. The summed E-state index contributed by atoms with van der Waals surface area (Å²) in [4.78, 5) is 24.2. The van der Waals surface area contributed by atoms with Gasteiger partial charge < -0.3 is 14.6 Å². The van der Waals surface area contributed by atoms with Gasteiger partial charge in [0.2, 0.25) is 0 Å². The van der Waals surface area contributed by atoms with E-state index in [-0.39, 0.29) is 25.2 Å². The second-order valence-electron chi connectivity index (χ2n) is 12.6. The average molecular weight is 645 g/mol. The third-order valence-corrected chi connectivity index (χ3v) is 8.10. The highest BCUT2D eigenvalue weighted by molar-refractivity contribution is 5.70. The summed E-state index contributed by atoms with van der Waals surface area (Å²) < 4.78 is 10.6. The highest BCUT2D eigenvalue weighted by atomic mass is 16.6. The second kappa shape index (κ2) is 37.3. The number of carbonyl (C=O) groups is 2. The monoisotopic (exact) mass is 645 g/mol. The number of esters is 2. The molecule has 0 bridgehead atoms. The van der Waals surface area contributed by atoms with Gasteiger partial charge in [0, 0.05) is 12.8 Å². The summed E-state index contributed by atoms with van der Waals surface area (Å²) in [6, 6.07) is 0. The highest BCUT2D eigenvalue weighted by Crippen LogP contribution is 2.12. The summed E-state index contributed by atoms with van der Waals surface area (Å²) in [5.74, 6) is -0.623. The van der Waals surface area contributed by atoms with E-state index in [1.54, 1.807) is 0 Å². The lowest BCUT2D eigenvalue weighted by atomic mass is 10.1. The lowest BCUT2D eigenvalue weighted by Gasteiger charge is -2.15. The molecule has 0 spiro atoms. The molecular formula is C41H72O5. The van der Waals surface area contributed by atoms with Crippen LogP contribution in [0, 0.1) is 0 Å². The topological polar surface area (TPSA) is 72.8 Å². The molecule has 46 heavy (non-hydrogen) atoms. The Hall–Kier alpha value is -2.14. The molecule has 0 aromatic rings. The predicted molar refractivity (Wildman–Crippen MR) is 196 cm³/mol. The fraction of sp³-hybridized carbons (Fsp3) is 0.756. The third-order valence-electron chi connectivity index (χ3n) is 8.10. The van der Waals surface area contributed by atoms with E-state index in [0.717, 1.165) is 64.2 Å². The van der Waals surface area contributed by atoms with Gasteiger partial charge in [-0.05, 0) is 77.0 Å². The average Bonchev–Trinajstić information content (AvgIpc) is 3.06. The van der Waals surface area contributed by atoms with Crippen molar-refractivity contribution in [1.29, 1.82) is 0 Å². The molecule has 1 N–H and O–H groups in total. The fourth-order valence-electron chi connectivity index (χ4n) is 5.14. The Kier molecular flexibility index (Phi) is 35.6. The molecule has 0 aromatic carbocycles. The number of unbranched alkanes of at least 4 members (excludes halogenated alkanes) is 18. The maximum Gasteiger partial charge on any atom is 0.306 e. The summed E-state index contributed by atoms with van der Waals surface area (Å²) in [6.07, 6.45) is 45.9. The Balaban J connectivity index is 3.62. The first-order valence-electron chi connectivity index (χ1n) is 19.2. The minimum atomic E-state index is -0.782. The van der Waals surface area contributed by atoms with E-state index in [2.05, 4.69) is 62.5 Å². The number of hydrogen-bond acceptors (Lipinski definition) is 5. The quantitative estimate of drug-likeness (QED) is 0.0429. The maximum absolute atomic E-state index is 12.1. The van der Waals surface area contributed by atoms with Gasteiger partial charge in [-0.1, -0.05) is 140 Å². The molecule has 0 heterocycles. The molecule has 0 aliphatic heterocycles. The molecule has 0 saturated heterocycles. The molecule has 5 heteroatoms. The molecular weight excluding hydrogens is 572 g/mol. The van der Waals surface area contributed by atoms with Crippen molar-refractivity contribution in [2.45, 2.75) is 187 Å². The zero-order valence-electron chi connectivity index (χ0n) is 30.1.